The second-order valence-electron chi connectivity index (χ2n) is 7.24. The number of aldehydes is 1. The molecule has 3 rings (SSSR count). The van der Waals surface area contributed by atoms with Gasteiger partial charge in [-0.15, -0.1) is 0 Å². The van der Waals surface area contributed by atoms with Crippen molar-refractivity contribution in [2.75, 3.05) is 16.8 Å². The van der Waals surface area contributed by atoms with E-state index in [0.717, 1.165) is 12.1 Å². The molecule has 1 aliphatic heterocycles. The van der Waals surface area contributed by atoms with Crippen molar-refractivity contribution in [1.29, 1.82) is 0 Å². The first-order chi connectivity index (χ1) is 13.8. The molecule has 1 aromatic heterocycles. The monoisotopic (exact) mass is 398 g/mol. The van der Waals surface area contributed by atoms with E-state index in [1.165, 1.54) is 23.2 Å². The molecule has 0 aliphatic carbocycles. The Labute approximate surface area is 168 Å². The van der Waals surface area contributed by atoms with Gasteiger partial charge in [-0.2, -0.15) is 0 Å². The molecule has 0 radical (unpaired) electrons. The van der Waals surface area contributed by atoms with Gasteiger partial charge in [0.2, 0.25) is 5.91 Å². The number of amides is 1. The summed E-state index contributed by atoms with van der Waals surface area (Å²) in [7, 11) is 1.66. The van der Waals surface area contributed by atoms with Crippen LogP contribution in [0.2, 0.25) is 0 Å². The van der Waals surface area contributed by atoms with Gasteiger partial charge in [0.05, 0.1) is 6.20 Å². The first-order valence-corrected chi connectivity index (χ1v) is 9.48. The summed E-state index contributed by atoms with van der Waals surface area (Å²) in [4.78, 5) is 49.4. The normalized spacial score (nSPS) is 17.3. The zero-order valence-electron chi connectivity index (χ0n) is 16.8. The number of anilines is 2. The van der Waals surface area contributed by atoms with Crippen LogP contribution in [0.4, 0.5) is 15.9 Å². The van der Waals surface area contributed by atoms with E-state index >= 15 is 0 Å². The number of rotatable bonds is 6. The maximum Gasteiger partial charge on any atom is 0.249 e. The van der Waals surface area contributed by atoms with Crippen LogP contribution in [0.15, 0.2) is 30.5 Å². The maximum atomic E-state index is 13.2. The Morgan fingerprint density at radius 3 is 2.48 bits per heavy atom. The van der Waals surface area contributed by atoms with Crippen LogP contribution in [0.25, 0.3) is 0 Å². The minimum Gasteiger partial charge on any atom is -0.340 e. The predicted octanol–water partition coefficient (Wildman–Crippen LogP) is 2.75. The first kappa shape index (κ1) is 20.6. The molecule has 152 valence electrons. The number of halogens is 1. The summed E-state index contributed by atoms with van der Waals surface area (Å²) >= 11 is 0. The molecule has 2 heterocycles. The van der Waals surface area contributed by atoms with Crippen LogP contribution in [0, 0.1) is 5.82 Å². The van der Waals surface area contributed by atoms with E-state index in [9.17, 15) is 18.8 Å². The number of fused-ring (bicyclic) bond motifs is 1. The van der Waals surface area contributed by atoms with Gasteiger partial charge in [0.25, 0.3) is 0 Å². The first-order valence-electron chi connectivity index (χ1n) is 9.48. The summed E-state index contributed by atoms with van der Waals surface area (Å²) in [5.41, 5.74) is 0.722. The van der Waals surface area contributed by atoms with Gasteiger partial charge < -0.3 is 14.6 Å². The molecule has 0 bridgehead atoms. The predicted molar refractivity (Wildman–Crippen MR) is 107 cm³/mol. The van der Waals surface area contributed by atoms with Gasteiger partial charge in [0, 0.05) is 18.7 Å². The lowest BCUT2D eigenvalue weighted by Crippen LogP contribution is -2.55. The second kappa shape index (κ2) is 8.06. The van der Waals surface area contributed by atoms with Crippen LogP contribution in [0.1, 0.15) is 49.3 Å². The number of hydrogen-bond donors (Lipinski definition) is 0. The molecular weight excluding hydrogens is 375 g/mol. The van der Waals surface area contributed by atoms with Gasteiger partial charge >= 0.3 is 0 Å². The van der Waals surface area contributed by atoms with E-state index in [1.807, 2.05) is 25.7 Å². The third kappa shape index (κ3) is 3.62. The Kier molecular flexibility index (Phi) is 5.72. The molecule has 2 atom stereocenters. The average Bonchev–Trinajstić information content (AvgIpc) is 2.71. The maximum absolute atomic E-state index is 13.2. The standard InChI is InChI=1S/C21H23FN4O3/c1-5-16-21(29)25(4)17-10-23-19(24-20(17)26(16)12(2)3)15(11-27)18(28)13-6-8-14(22)9-7-13/h6-12,15-16H,5H2,1-4H3/t15?,16-/m1/s1. The summed E-state index contributed by atoms with van der Waals surface area (Å²) in [5, 5.41) is 0. The zero-order chi connectivity index (χ0) is 21.3. The summed E-state index contributed by atoms with van der Waals surface area (Å²) < 4.78 is 13.2. The molecule has 1 aliphatic rings. The van der Waals surface area contributed by atoms with E-state index < -0.39 is 23.6 Å². The minimum atomic E-state index is -1.22. The molecular formula is C21H23FN4O3. The van der Waals surface area contributed by atoms with Crippen molar-refractivity contribution < 1.29 is 18.8 Å². The number of nitrogens with zero attached hydrogens (tertiary/aromatic N) is 4. The number of carbonyl (C=O) groups is 3. The highest BCUT2D eigenvalue weighted by atomic mass is 19.1. The van der Waals surface area contributed by atoms with Gasteiger partial charge in [0.15, 0.2) is 11.6 Å². The quantitative estimate of drug-likeness (QED) is 0.423. The van der Waals surface area contributed by atoms with Gasteiger partial charge in [-0.3, -0.25) is 9.59 Å². The molecule has 0 N–H and O–H groups in total. The topological polar surface area (TPSA) is 83.5 Å². The fraction of sp³-hybridized carbons (Fsp3) is 0.381. The zero-order valence-corrected chi connectivity index (χ0v) is 16.8. The van der Waals surface area contributed by atoms with Crippen molar-refractivity contribution in [3.8, 4) is 0 Å². The number of ketones is 1. The largest absolute Gasteiger partial charge is 0.340 e. The van der Waals surface area contributed by atoms with Crippen molar-refractivity contribution in [1.82, 2.24) is 9.97 Å². The highest BCUT2D eigenvalue weighted by Gasteiger charge is 2.39. The van der Waals surface area contributed by atoms with Gasteiger partial charge in [0.1, 0.15) is 35.6 Å². The molecule has 0 saturated heterocycles. The van der Waals surface area contributed by atoms with Gasteiger partial charge in [-0.05, 0) is 44.5 Å². The molecule has 0 spiro atoms. The third-order valence-electron chi connectivity index (χ3n) is 5.09. The number of Topliss-reactive ketones (excluding diaryl/α,β-unsaturated/α-hetero) is 1. The molecule has 1 unspecified atom stereocenters. The van der Waals surface area contributed by atoms with E-state index in [4.69, 9.17) is 0 Å². The highest BCUT2D eigenvalue weighted by Crippen LogP contribution is 2.36. The Morgan fingerprint density at radius 2 is 1.93 bits per heavy atom. The molecule has 8 heteroatoms. The Balaban J connectivity index is 2.07. The number of hydrogen-bond acceptors (Lipinski definition) is 6. The fourth-order valence-corrected chi connectivity index (χ4v) is 3.57. The van der Waals surface area contributed by atoms with Crippen LogP contribution < -0.4 is 9.80 Å². The second-order valence-corrected chi connectivity index (χ2v) is 7.24. The summed E-state index contributed by atoms with van der Waals surface area (Å²) in [5.74, 6) is -1.69. The van der Waals surface area contributed by atoms with Crippen LogP contribution in [-0.2, 0) is 9.59 Å². The third-order valence-corrected chi connectivity index (χ3v) is 5.09. The van der Waals surface area contributed by atoms with Crippen LogP contribution in [0.5, 0.6) is 0 Å². The summed E-state index contributed by atoms with van der Waals surface area (Å²) in [6, 6.07) is 4.56. The smallest absolute Gasteiger partial charge is 0.249 e. The van der Waals surface area contributed by atoms with E-state index in [1.54, 1.807) is 7.05 Å². The summed E-state index contributed by atoms with van der Waals surface area (Å²) in [6.45, 7) is 5.83. The van der Waals surface area contributed by atoms with Crippen LogP contribution in [0.3, 0.4) is 0 Å². The van der Waals surface area contributed by atoms with Crippen LogP contribution >= 0.6 is 0 Å². The number of likely N-dealkylation sites (N-methyl/N-ethyl adjacent to an activating group) is 1. The number of aromatic nitrogens is 2. The van der Waals surface area contributed by atoms with Crippen molar-refractivity contribution in [3.63, 3.8) is 0 Å². The molecule has 1 aromatic carbocycles. The Morgan fingerprint density at radius 1 is 1.28 bits per heavy atom. The van der Waals surface area contributed by atoms with E-state index in [0.29, 0.717) is 24.2 Å². The van der Waals surface area contributed by atoms with Crippen molar-refractivity contribution in [2.45, 2.75) is 45.2 Å². The lowest BCUT2D eigenvalue weighted by Gasteiger charge is -2.42. The average molecular weight is 398 g/mol. The SMILES string of the molecule is CC[C@@H]1C(=O)N(C)c2cnc(C(C=O)C(=O)c3ccc(F)cc3)nc2N1C(C)C. The molecule has 2 aromatic rings. The Bertz CT molecular complexity index is 945. The lowest BCUT2D eigenvalue weighted by molar-refractivity contribution is -0.120. The van der Waals surface area contributed by atoms with Crippen molar-refractivity contribution in [3.05, 3.63) is 47.7 Å². The number of carbonyl (C=O) groups excluding carboxylic acids is 3. The van der Waals surface area contributed by atoms with Crippen molar-refractivity contribution in [2.24, 2.45) is 0 Å². The van der Waals surface area contributed by atoms with Crippen molar-refractivity contribution >= 4 is 29.5 Å². The molecule has 0 saturated carbocycles. The molecule has 1 amide bonds. The molecule has 7 nitrogen and oxygen atoms in total. The highest BCUT2D eigenvalue weighted by molar-refractivity contribution is 6.09. The lowest BCUT2D eigenvalue weighted by atomic mass is 9.97. The molecule has 0 fully saturated rings. The van der Waals surface area contributed by atoms with E-state index in [-0.39, 0.29) is 23.3 Å². The molecule has 29 heavy (non-hydrogen) atoms. The van der Waals surface area contributed by atoms with Gasteiger partial charge in [-0.25, -0.2) is 14.4 Å². The fourth-order valence-electron chi connectivity index (χ4n) is 3.57. The van der Waals surface area contributed by atoms with E-state index in [2.05, 4.69) is 9.97 Å². The number of benzene rings is 1. The minimum absolute atomic E-state index is 0.0263. The summed E-state index contributed by atoms with van der Waals surface area (Å²) in [6.07, 6.45) is 2.54. The van der Waals surface area contributed by atoms with Crippen LogP contribution in [-0.4, -0.2) is 47.1 Å². The van der Waals surface area contributed by atoms with Gasteiger partial charge in [-0.1, -0.05) is 6.92 Å². The Hall–Kier alpha value is -3.16.